The quantitative estimate of drug-likeness (QED) is 0.612. The van der Waals surface area contributed by atoms with Crippen LogP contribution in [0, 0.1) is 0 Å². The van der Waals surface area contributed by atoms with Gasteiger partial charge in [-0.1, -0.05) is 0 Å². The Bertz CT molecular complexity index is 605. The number of amides is 2. The summed E-state index contributed by atoms with van der Waals surface area (Å²) >= 11 is 0. The van der Waals surface area contributed by atoms with Gasteiger partial charge in [0.05, 0.1) is 31.4 Å². The lowest BCUT2D eigenvalue weighted by atomic mass is 10.1. The summed E-state index contributed by atoms with van der Waals surface area (Å²) in [5.74, 6) is -0.434. The van der Waals surface area contributed by atoms with Gasteiger partial charge in [0.15, 0.2) is 5.78 Å². The molecule has 0 spiro atoms. The molecule has 0 bridgehead atoms. The summed E-state index contributed by atoms with van der Waals surface area (Å²) < 4.78 is 5.28. The molecule has 116 valence electrons. The van der Waals surface area contributed by atoms with Crippen LogP contribution in [0.2, 0.25) is 0 Å². The maximum atomic E-state index is 12.6. The van der Waals surface area contributed by atoms with Crippen LogP contribution in [0.1, 0.15) is 23.7 Å². The Hall–Kier alpha value is -2.05. The number of Topliss-reactive ketones (excluding diaryl/α,β-unsaturated/α-hetero) is 1. The molecular weight excluding hydrogens is 284 g/mol. The number of benzene rings is 1. The first-order valence-corrected chi connectivity index (χ1v) is 7.37. The normalized spacial score (nSPS) is 23.1. The Morgan fingerprint density at radius 1 is 1.14 bits per heavy atom. The predicted octanol–water partition coefficient (Wildman–Crippen LogP) is 0.853. The third-order valence-electron chi connectivity index (χ3n) is 4.14. The largest absolute Gasteiger partial charge is 0.379 e. The van der Waals surface area contributed by atoms with Crippen molar-refractivity contribution >= 4 is 23.3 Å². The number of hydrogen-bond acceptors (Lipinski definition) is 5. The molecule has 1 aromatic rings. The summed E-state index contributed by atoms with van der Waals surface area (Å²) in [6.07, 6.45) is 0.202. The van der Waals surface area contributed by atoms with Crippen molar-refractivity contribution in [2.75, 3.05) is 31.2 Å². The number of ether oxygens (including phenoxy) is 1. The molecule has 0 unspecified atom stereocenters. The van der Waals surface area contributed by atoms with Gasteiger partial charge in [-0.25, -0.2) is 4.90 Å². The number of anilines is 1. The summed E-state index contributed by atoms with van der Waals surface area (Å²) in [5, 5.41) is 0. The Balaban J connectivity index is 1.80. The van der Waals surface area contributed by atoms with Crippen molar-refractivity contribution in [3.8, 4) is 0 Å². The number of nitrogens with zero attached hydrogens (tertiary/aromatic N) is 2. The van der Waals surface area contributed by atoms with Gasteiger partial charge in [-0.2, -0.15) is 0 Å². The van der Waals surface area contributed by atoms with Gasteiger partial charge < -0.3 is 4.74 Å². The average molecular weight is 302 g/mol. The second-order valence-corrected chi connectivity index (χ2v) is 5.54. The van der Waals surface area contributed by atoms with Crippen molar-refractivity contribution in [3.63, 3.8) is 0 Å². The molecule has 0 radical (unpaired) electrons. The highest BCUT2D eigenvalue weighted by Gasteiger charge is 2.42. The molecule has 2 amide bonds. The first kappa shape index (κ1) is 14.9. The van der Waals surface area contributed by atoms with Crippen molar-refractivity contribution in [1.82, 2.24) is 4.90 Å². The van der Waals surface area contributed by atoms with Crippen LogP contribution in [0.3, 0.4) is 0 Å². The zero-order valence-electron chi connectivity index (χ0n) is 12.4. The third-order valence-corrected chi connectivity index (χ3v) is 4.14. The zero-order chi connectivity index (χ0) is 15.7. The SMILES string of the molecule is CC(=O)c1ccc(N2C(=O)C[C@@H](N3CCOCC3)C2=O)cc1. The summed E-state index contributed by atoms with van der Waals surface area (Å²) in [6, 6.07) is 6.17. The van der Waals surface area contributed by atoms with E-state index in [1.165, 1.54) is 11.8 Å². The Kier molecular flexibility index (Phi) is 4.04. The van der Waals surface area contributed by atoms with E-state index in [0.717, 1.165) is 0 Å². The minimum Gasteiger partial charge on any atom is -0.379 e. The van der Waals surface area contributed by atoms with Crippen LogP contribution in [0.5, 0.6) is 0 Å². The lowest BCUT2D eigenvalue weighted by molar-refractivity contribution is -0.123. The van der Waals surface area contributed by atoms with Crippen LogP contribution in [0.15, 0.2) is 24.3 Å². The van der Waals surface area contributed by atoms with E-state index in [1.54, 1.807) is 24.3 Å². The number of ketones is 1. The molecule has 2 aliphatic rings. The van der Waals surface area contributed by atoms with Crippen molar-refractivity contribution in [3.05, 3.63) is 29.8 Å². The lowest BCUT2D eigenvalue weighted by Crippen LogP contribution is -2.47. The molecule has 6 heteroatoms. The number of imide groups is 1. The summed E-state index contributed by atoms with van der Waals surface area (Å²) in [7, 11) is 0. The Morgan fingerprint density at radius 2 is 1.77 bits per heavy atom. The molecule has 3 rings (SSSR count). The maximum absolute atomic E-state index is 12.6. The molecule has 22 heavy (non-hydrogen) atoms. The van der Waals surface area contributed by atoms with Crippen LogP contribution < -0.4 is 4.90 Å². The van der Waals surface area contributed by atoms with E-state index in [-0.39, 0.29) is 24.0 Å². The highest BCUT2D eigenvalue weighted by atomic mass is 16.5. The number of morpholine rings is 1. The highest BCUT2D eigenvalue weighted by molar-refractivity contribution is 6.22. The molecule has 6 nitrogen and oxygen atoms in total. The molecule has 2 fully saturated rings. The Labute approximate surface area is 128 Å². The highest BCUT2D eigenvalue weighted by Crippen LogP contribution is 2.26. The van der Waals surface area contributed by atoms with Crippen LogP contribution in [-0.2, 0) is 14.3 Å². The number of rotatable bonds is 3. The number of carbonyl (C=O) groups excluding carboxylic acids is 3. The van der Waals surface area contributed by atoms with E-state index < -0.39 is 6.04 Å². The van der Waals surface area contributed by atoms with Gasteiger partial charge in [0.1, 0.15) is 0 Å². The Morgan fingerprint density at radius 3 is 2.36 bits per heavy atom. The first-order valence-electron chi connectivity index (χ1n) is 7.37. The fourth-order valence-electron chi connectivity index (χ4n) is 2.91. The van der Waals surface area contributed by atoms with Crippen LogP contribution in [0.4, 0.5) is 5.69 Å². The van der Waals surface area contributed by atoms with Gasteiger partial charge in [0.2, 0.25) is 5.91 Å². The van der Waals surface area contributed by atoms with Crippen LogP contribution >= 0.6 is 0 Å². The van der Waals surface area contributed by atoms with Gasteiger partial charge >= 0.3 is 0 Å². The van der Waals surface area contributed by atoms with E-state index in [2.05, 4.69) is 0 Å². The molecule has 0 aromatic heterocycles. The molecular formula is C16H18N2O4. The molecule has 0 N–H and O–H groups in total. The molecule has 1 aromatic carbocycles. The molecule has 2 heterocycles. The van der Waals surface area contributed by atoms with Crippen molar-refractivity contribution in [1.29, 1.82) is 0 Å². The fraction of sp³-hybridized carbons (Fsp3) is 0.438. The lowest BCUT2D eigenvalue weighted by Gasteiger charge is -2.30. The van der Waals surface area contributed by atoms with E-state index in [1.807, 2.05) is 4.90 Å². The van der Waals surface area contributed by atoms with Gasteiger partial charge in [0, 0.05) is 18.7 Å². The third kappa shape index (κ3) is 2.67. The minimum absolute atomic E-state index is 0.0446. The second-order valence-electron chi connectivity index (χ2n) is 5.54. The number of carbonyl (C=O) groups is 3. The van der Waals surface area contributed by atoms with E-state index >= 15 is 0 Å². The average Bonchev–Trinajstić information content (AvgIpc) is 2.83. The van der Waals surface area contributed by atoms with E-state index in [4.69, 9.17) is 4.74 Å². The molecule has 0 saturated carbocycles. The van der Waals surface area contributed by atoms with Crippen LogP contribution in [-0.4, -0.2) is 54.8 Å². The summed E-state index contributed by atoms with van der Waals surface area (Å²) in [5.41, 5.74) is 1.09. The van der Waals surface area contributed by atoms with E-state index in [0.29, 0.717) is 37.6 Å². The van der Waals surface area contributed by atoms with Gasteiger partial charge in [-0.3, -0.25) is 19.3 Å². The first-order chi connectivity index (χ1) is 10.6. The smallest absolute Gasteiger partial charge is 0.251 e. The minimum atomic E-state index is -0.399. The summed E-state index contributed by atoms with van der Waals surface area (Å²) in [6.45, 7) is 3.99. The van der Waals surface area contributed by atoms with Crippen molar-refractivity contribution < 1.29 is 19.1 Å². The number of hydrogen-bond donors (Lipinski definition) is 0. The topological polar surface area (TPSA) is 66.9 Å². The fourth-order valence-corrected chi connectivity index (χ4v) is 2.91. The molecule has 1 atom stereocenters. The second kappa shape index (κ2) is 5.98. The van der Waals surface area contributed by atoms with Gasteiger partial charge in [-0.15, -0.1) is 0 Å². The van der Waals surface area contributed by atoms with E-state index in [9.17, 15) is 14.4 Å². The summed E-state index contributed by atoms with van der Waals surface area (Å²) in [4.78, 5) is 39.4. The predicted molar refractivity (Wildman–Crippen MR) is 79.7 cm³/mol. The van der Waals surface area contributed by atoms with Gasteiger partial charge in [0.25, 0.3) is 5.91 Å². The monoisotopic (exact) mass is 302 g/mol. The van der Waals surface area contributed by atoms with Crippen molar-refractivity contribution in [2.24, 2.45) is 0 Å². The molecule has 0 aliphatic carbocycles. The van der Waals surface area contributed by atoms with Gasteiger partial charge in [-0.05, 0) is 31.2 Å². The molecule has 2 saturated heterocycles. The molecule has 2 aliphatic heterocycles. The van der Waals surface area contributed by atoms with Crippen molar-refractivity contribution in [2.45, 2.75) is 19.4 Å². The van der Waals surface area contributed by atoms with Crippen LogP contribution in [0.25, 0.3) is 0 Å². The maximum Gasteiger partial charge on any atom is 0.251 e. The standard InChI is InChI=1S/C16H18N2O4/c1-11(19)12-2-4-13(5-3-12)18-15(20)10-14(16(18)21)17-6-8-22-9-7-17/h2-5,14H,6-10H2,1H3/t14-/m1/s1. The zero-order valence-corrected chi connectivity index (χ0v) is 12.4.